The third-order valence-electron chi connectivity index (χ3n) is 5.11. The zero-order valence-corrected chi connectivity index (χ0v) is 20.8. The van der Waals surface area contributed by atoms with E-state index in [1.807, 2.05) is 0 Å². The molecule has 1 N–H and O–H groups in total. The molecule has 0 aromatic carbocycles. The number of carboxylic acid groups (broad SMARTS) is 1. The fraction of sp³-hybridized carbons (Fsp3) is 0.909. The molecule has 0 aromatic rings. The minimum Gasteiger partial charge on any atom is -0.546 e. The average molecular weight is 409 g/mol. The van der Waals surface area contributed by atoms with E-state index in [1.165, 1.54) is 78.1 Å². The molecule has 0 aliphatic rings. The molecule has 0 saturated carbocycles. The van der Waals surface area contributed by atoms with Crippen LogP contribution in [0.2, 0.25) is 0 Å². The summed E-state index contributed by atoms with van der Waals surface area (Å²) in [6, 6.07) is 0. The van der Waals surface area contributed by atoms with E-state index in [9.17, 15) is 19.8 Å². The summed E-state index contributed by atoms with van der Waals surface area (Å²) in [5.41, 5.74) is -1.66. The Morgan fingerprint density at radius 1 is 0.857 bits per heavy atom. The fourth-order valence-corrected chi connectivity index (χ4v) is 3.16. The van der Waals surface area contributed by atoms with Crippen molar-refractivity contribution in [1.29, 1.82) is 0 Å². The molecule has 0 rings (SSSR count). The number of ether oxygens (including phenoxy) is 1. The number of aliphatic hydroxyl groups excluding tert-OH is 1. The number of esters is 1. The molecule has 2 unspecified atom stereocenters. The predicted molar refractivity (Wildman–Crippen MR) is 106 cm³/mol. The predicted octanol–water partition coefficient (Wildman–Crippen LogP) is 1.29. The average Bonchev–Trinajstić information content (AvgIpc) is 2.61. The van der Waals surface area contributed by atoms with E-state index in [0.717, 1.165) is 19.3 Å². The number of carbonyl (C=O) groups is 2. The zero-order valence-electron chi connectivity index (χ0n) is 18.8. The van der Waals surface area contributed by atoms with Gasteiger partial charge in [0, 0.05) is 0 Å². The summed E-state index contributed by atoms with van der Waals surface area (Å²) in [6.45, 7) is 4.84. The second-order valence-corrected chi connectivity index (χ2v) is 7.96. The molecular weight excluding hydrogens is 367 g/mol. The first-order valence-electron chi connectivity index (χ1n) is 11.0. The number of aliphatic carboxylic acids is 1. The summed E-state index contributed by atoms with van der Waals surface area (Å²) < 4.78 is 4.92. The first kappa shape index (κ1) is 30.1. The van der Waals surface area contributed by atoms with E-state index in [-0.39, 0.29) is 36.0 Å². The Hall–Kier alpha value is -0.100. The summed E-state index contributed by atoms with van der Waals surface area (Å²) >= 11 is 0. The van der Waals surface area contributed by atoms with Gasteiger partial charge in [0.15, 0.2) is 0 Å². The summed E-state index contributed by atoms with van der Waals surface area (Å²) in [5, 5.41) is 20.4. The normalized spacial score (nSPS) is 14.0. The standard InChI is InChI=1S/C22H42O5.Na/c1-4-5-6-7-8-9-10-11-12-13-14-15-16-17-18-22(3,21(25)26)27-20(24)19(2)23;/h19,23H,4-18H2,1-3H3,(H,25,26);/q;+1/p-1. The van der Waals surface area contributed by atoms with Crippen molar-refractivity contribution in [2.75, 3.05) is 0 Å². The number of rotatable bonds is 18. The van der Waals surface area contributed by atoms with Crippen LogP contribution in [0.5, 0.6) is 0 Å². The maximum atomic E-state index is 11.4. The number of unbranched alkanes of at least 4 members (excludes halogenated alkanes) is 13. The van der Waals surface area contributed by atoms with Gasteiger partial charge < -0.3 is 19.7 Å². The maximum Gasteiger partial charge on any atom is 1.00 e. The Morgan fingerprint density at radius 2 is 1.21 bits per heavy atom. The SMILES string of the molecule is CCCCCCCCCCCCCCCCC(C)(OC(=O)C(C)O)C(=O)[O-].[Na+]. The molecule has 0 spiro atoms. The smallest absolute Gasteiger partial charge is 0.546 e. The van der Waals surface area contributed by atoms with Crippen molar-refractivity contribution in [2.45, 2.75) is 129 Å². The van der Waals surface area contributed by atoms with Crippen molar-refractivity contribution < 1.29 is 54.1 Å². The number of carbonyl (C=O) groups excluding carboxylic acids is 2. The van der Waals surface area contributed by atoms with E-state index in [0.29, 0.717) is 6.42 Å². The van der Waals surface area contributed by atoms with Crippen LogP contribution in [-0.2, 0) is 14.3 Å². The van der Waals surface area contributed by atoms with Gasteiger partial charge in [-0.1, -0.05) is 90.4 Å². The molecule has 0 aliphatic heterocycles. The van der Waals surface area contributed by atoms with Crippen molar-refractivity contribution in [3.05, 3.63) is 0 Å². The molecule has 2 atom stereocenters. The molecule has 0 radical (unpaired) electrons. The van der Waals surface area contributed by atoms with Gasteiger partial charge in [-0.15, -0.1) is 0 Å². The third kappa shape index (κ3) is 15.8. The number of aliphatic hydroxyl groups is 1. The Labute approximate surface area is 194 Å². The second kappa shape index (κ2) is 18.9. The van der Waals surface area contributed by atoms with Crippen LogP contribution in [-0.4, -0.2) is 28.8 Å². The summed E-state index contributed by atoms with van der Waals surface area (Å²) in [5.74, 6) is -2.33. The largest absolute Gasteiger partial charge is 1.00 e. The second-order valence-electron chi connectivity index (χ2n) is 7.96. The van der Waals surface area contributed by atoms with Crippen LogP contribution in [0.1, 0.15) is 117 Å². The first-order valence-corrected chi connectivity index (χ1v) is 11.0. The van der Waals surface area contributed by atoms with Gasteiger partial charge in [-0.3, -0.25) is 0 Å². The molecule has 0 fully saturated rings. The number of carboxylic acids is 1. The fourth-order valence-electron chi connectivity index (χ4n) is 3.16. The summed E-state index contributed by atoms with van der Waals surface area (Å²) in [6.07, 6.45) is 16.0. The number of hydrogen-bond acceptors (Lipinski definition) is 5. The van der Waals surface area contributed by atoms with E-state index in [1.54, 1.807) is 0 Å². The summed E-state index contributed by atoms with van der Waals surface area (Å²) in [4.78, 5) is 22.7. The Morgan fingerprint density at radius 3 is 1.54 bits per heavy atom. The Bertz CT molecular complexity index is 400. The molecule has 0 saturated heterocycles. The molecule has 0 bridgehead atoms. The topological polar surface area (TPSA) is 86.7 Å². The molecular formula is C22H41NaO5. The Balaban J connectivity index is 0. The Kier molecular flexibility index (Phi) is 20.3. The first-order chi connectivity index (χ1) is 12.8. The van der Waals surface area contributed by atoms with Crippen LogP contribution in [0.4, 0.5) is 0 Å². The van der Waals surface area contributed by atoms with Gasteiger partial charge in [0.25, 0.3) is 0 Å². The summed E-state index contributed by atoms with van der Waals surface area (Å²) in [7, 11) is 0. The molecule has 0 amide bonds. The van der Waals surface area contributed by atoms with Crippen LogP contribution in [0.15, 0.2) is 0 Å². The van der Waals surface area contributed by atoms with Crippen molar-refractivity contribution in [2.24, 2.45) is 0 Å². The molecule has 28 heavy (non-hydrogen) atoms. The van der Waals surface area contributed by atoms with Crippen LogP contribution < -0.4 is 34.7 Å². The minimum absolute atomic E-state index is 0. The minimum atomic E-state index is -1.66. The number of hydrogen-bond donors (Lipinski definition) is 1. The molecule has 0 aliphatic carbocycles. The van der Waals surface area contributed by atoms with Crippen LogP contribution in [0.25, 0.3) is 0 Å². The van der Waals surface area contributed by atoms with Gasteiger partial charge in [0.1, 0.15) is 11.7 Å². The van der Waals surface area contributed by atoms with Gasteiger partial charge in [-0.25, -0.2) is 4.79 Å². The quantitative estimate of drug-likeness (QED) is 0.210. The zero-order chi connectivity index (χ0) is 20.5. The van der Waals surface area contributed by atoms with E-state index in [4.69, 9.17) is 4.74 Å². The van der Waals surface area contributed by atoms with Gasteiger partial charge in [0.2, 0.25) is 0 Å². The monoisotopic (exact) mass is 408 g/mol. The van der Waals surface area contributed by atoms with Gasteiger partial charge >= 0.3 is 35.5 Å². The molecule has 0 aromatic heterocycles. The van der Waals surface area contributed by atoms with E-state index in [2.05, 4.69) is 6.92 Å². The molecule has 160 valence electrons. The van der Waals surface area contributed by atoms with Crippen molar-refractivity contribution in [1.82, 2.24) is 0 Å². The third-order valence-corrected chi connectivity index (χ3v) is 5.11. The molecule has 0 heterocycles. The van der Waals surface area contributed by atoms with Crippen molar-refractivity contribution >= 4 is 11.9 Å². The van der Waals surface area contributed by atoms with Crippen molar-refractivity contribution in [3.8, 4) is 0 Å². The maximum absolute atomic E-state index is 11.4. The molecule has 5 nitrogen and oxygen atoms in total. The van der Waals surface area contributed by atoms with Crippen LogP contribution >= 0.6 is 0 Å². The van der Waals surface area contributed by atoms with E-state index >= 15 is 0 Å². The van der Waals surface area contributed by atoms with Crippen molar-refractivity contribution in [3.63, 3.8) is 0 Å². The van der Waals surface area contributed by atoms with Gasteiger partial charge in [-0.05, 0) is 26.7 Å². The molecule has 6 heteroatoms. The van der Waals surface area contributed by atoms with E-state index < -0.39 is 23.6 Å². The van der Waals surface area contributed by atoms with Crippen LogP contribution in [0.3, 0.4) is 0 Å². The van der Waals surface area contributed by atoms with Gasteiger partial charge in [0.05, 0.1) is 5.97 Å². The van der Waals surface area contributed by atoms with Crippen LogP contribution in [0, 0.1) is 0 Å². The van der Waals surface area contributed by atoms with Gasteiger partial charge in [-0.2, -0.15) is 0 Å².